The van der Waals surface area contributed by atoms with Gasteiger partial charge in [-0.1, -0.05) is 42.5 Å². The molecule has 3 aromatic carbocycles. The number of halogens is 3. The first kappa shape index (κ1) is 28.4. The largest absolute Gasteiger partial charge is 0.497 e. The number of hydrogen-bond donors (Lipinski definition) is 0. The van der Waals surface area contributed by atoms with Gasteiger partial charge >= 0.3 is 6.18 Å². The maximum atomic E-state index is 13.5. The lowest BCUT2D eigenvalue weighted by Crippen LogP contribution is -2.49. The number of ether oxygens (including phenoxy) is 1. The highest BCUT2D eigenvalue weighted by Crippen LogP contribution is 2.59. The third-order valence-electron chi connectivity index (χ3n) is 9.72. The number of carbonyl (C=O) groups is 2. The number of aromatic nitrogens is 3. The van der Waals surface area contributed by atoms with E-state index >= 15 is 0 Å². The van der Waals surface area contributed by atoms with Gasteiger partial charge in [0.1, 0.15) is 11.2 Å². The molecule has 1 saturated heterocycles. The van der Waals surface area contributed by atoms with Crippen LogP contribution >= 0.6 is 0 Å². The maximum absolute atomic E-state index is 13.5. The van der Waals surface area contributed by atoms with Gasteiger partial charge in [0.25, 0.3) is 5.91 Å². The van der Waals surface area contributed by atoms with E-state index in [9.17, 15) is 22.8 Å². The second kappa shape index (κ2) is 10.1. The van der Waals surface area contributed by atoms with Crippen LogP contribution in [0.4, 0.5) is 18.9 Å². The van der Waals surface area contributed by atoms with E-state index in [1.807, 2.05) is 67.7 Å². The van der Waals surface area contributed by atoms with Crippen molar-refractivity contribution in [3.8, 4) is 5.75 Å². The van der Waals surface area contributed by atoms with Gasteiger partial charge in [-0.15, -0.1) is 5.10 Å². The Morgan fingerprint density at radius 1 is 0.977 bits per heavy atom. The first-order valence-electron chi connectivity index (χ1n) is 14.8. The molecule has 0 unspecified atom stereocenters. The normalized spacial score (nSPS) is 18.6. The number of likely N-dealkylation sites (tertiary alicyclic amines) is 1. The summed E-state index contributed by atoms with van der Waals surface area (Å²) in [6, 6.07) is 17.4. The first-order valence-corrected chi connectivity index (χ1v) is 14.8. The van der Waals surface area contributed by atoms with Gasteiger partial charge in [0.15, 0.2) is 0 Å². The summed E-state index contributed by atoms with van der Waals surface area (Å²) in [7, 11) is 1.62. The second-order valence-corrected chi connectivity index (χ2v) is 12.4. The Kier molecular flexibility index (Phi) is 6.49. The van der Waals surface area contributed by atoms with Crippen molar-refractivity contribution in [1.29, 1.82) is 0 Å². The number of amides is 2. The molecule has 7 rings (SSSR count). The van der Waals surface area contributed by atoms with Crippen molar-refractivity contribution in [2.45, 2.75) is 57.3 Å². The topological polar surface area (TPSA) is 80.6 Å². The molecule has 3 aliphatic rings. The predicted molar refractivity (Wildman–Crippen MR) is 157 cm³/mol. The van der Waals surface area contributed by atoms with Crippen molar-refractivity contribution in [3.05, 3.63) is 83.2 Å². The number of alkyl halides is 3. The van der Waals surface area contributed by atoms with Crippen LogP contribution in [-0.2, 0) is 23.3 Å². The van der Waals surface area contributed by atoms with Crippen molar-refractivity contribution >= 4 is 28.3 Å². The number of benzene rings is 3. The first-order chi connectivity index (χ1) is 21.0. The van der Waals surface area contributed by atoms with E-state index in [4.69, 9.17) is 4.74 Å². The lowest BCUT2D eigenvalue weighted by molar-refractivity contribution is -0.199. The Hall–Kier alpha value is -4.41. The van der Waals surface area contributed by atoms with E-state index in [-0.39, 0.29) is 31.8 Å². The van der Waals surface area contributed by atoms with Crippen LogP contribution in [0.2, 0.25) is 0 Å². The lowest BCUT2D eigenvalue weighted by atomic mass is 9.77. The van der Waals surface area contributed by atoms with Crippen LogP contribution < -0.4 is 9.64 Å². The highest BCUT2D eigenvalue weighted by molar-refractivity contribution is 6.25. The molecule has 8 nitrogen and oxygen atoms in total. The zero-order valence-electron chi connectivity index (χ0n) is 24.5. The fourth-order valence-corrected chi connectivity index (χ4v) is 6.65. The highest BCUT2D eigenvalue weighted by atomic mass is 19.4. The van der Waals surface area contributed by atoms with E-state index in [1.165, 1.54) is 4.90 Å². The Morgan fingerprint density at radius 3 is 2.36 bits per heavy atom. The van der Waals surface area contributed by atoms with Crippen molar-refractivity contribution in [2.24, 2.45) is 5.41 Å². The molecule has 11 heteroatoms. The van der Waals surface area contributed by atoms with Gasteiger partial charge in [0.05, 0.1) is 31.6 Å². The van der Waals surface area contributed by atoms with Crippen LogP contribution in [-0.4, -0.2) is 58.1 Å². The molecule has 2 aliphatic heterocycles. The minimum absolute atomic E-state index is 0.0396. The minimum atomic E-state index is -4.50. The molecule has 1 aromatic heterocycles. The van der Waals surface area contributed by atoms with Gasteiger partial charge in [-0.2, -0.15) is 13.2 Å². The molecule has 44 heavy (non-hydrogen) atoms. The van der Waals surface area contributed by atoms with Crippen LogP contribution in [0.5, 0.6) is 5.75 Å². The lowest BCUT2D eigenvalue weighted by Gasteiger charge is -2.39. The molecule has 0 bridgehead atoms. The van der Waals surface area contributed by atoms with Crippen LogP contribution in [0.1, 0.15) is 59.8 Å². The van der Waals surface area contributed by atoms with E-state index in [2.05, 4.69) is 10.3 Å². The van der Waals surface area contributed by atoms with Gasteiger partial charge in [0, 0.05) is 35.7 Å². The number of rotatable bonds is 7. The minimum Gasteiger partial charge on any atom is -0.497 e. The van der Waals surface area contributed by atoms with Gasteiger partial charge in [0.2, 0.25) is 5.91 Å². The summed E-state index contributed by atoms with van der Waals surface area (Å²) >= 11 is 0. The average molecular weight is 604 g/mol. The third kappa shape index (κ3) is 4.51. The van der Waals surface area contributed by atoms with E-state index in [0.717, 1.165) is 39.0 Å². The maximum Gasteiger partial charge on any atom is 0.403 e. The quantitative estimate of drug-likeness (QED) is 0.264. The molecule has 3 heterocycles. The molecule has 4 aromatic rings. The molecular formula is C33H32F3N5O3. The summed E-state index contributed by atoms with van der Waals surface area (Å²) in [5, 5.41) is 10.7. The fraction of sp³-hybridized carbons (Fsp3) is 0.394. The molecule has 1 aliphatic carbocycles. The van der Waals surface area contributed by atoms with Gasteiger partial charge in [-0.05, 0) is 66.5 Å². The molecule has 228 valence electrons. The number of anilines is 1. The number of carbonyl (C=O) groups excluding carboxylic acids is 2. The Bertz CT molecular complexity index is 1770. The Labute approximate surface area is 252 Å². The summed E-state index contributed by atoms with van der Waals surface area (Å²) in [6.07, 6.45) is -1.83. The third-order valence-corrected chi connectivity index (χ3v) is 9.72. The monoisotopic (exact) mass is 603 g/mol. The SMILES string of the molecule is COc1ccc(CN2C(=O)c3cccc4c(Cn5cc(C6(C)CCN(C(=O)C7(C(F)(F)F)CC7)CC6)nn5)ccc2c34)cc1. The van der Waals surface area contributed by atoms with Gasteiger partial charge in [-0.25, -0.2) is 4.68 Å². The molecular weight excluding hydrogens is 571 g/mol. The summed E-state index contributed by atoms with van der Waals surface area (Å²) < 4.78 is 47.5. The van der Waals surface area contributed by atoms with Crippen molar-refractivity contribution in [2.75, 3.05) is 25.1 Å². The van der Waals surface area contributed by atoms with Gasteiger partial charge in [-0.3, -0.25) is 9.59 Å². The number of piperidine rings is 1. The molecule has 0 atom stereocenters. The number of nitrogens with zero attached hydrogens (tertiary/aromatic N) is 5. The van der Waals surface area contributed by atoms with Crippen LogP contribution in [0.25, 0.3) is 10.8 Å². The fourth-order valence-electron chi connectivity index (χ4n) is 6.65. The molecule has 0 radical (unpaired) electrons. The molecule has 2 fully saturated rings. The van der Waals surface area contributed by atoms with E-state index in [0.29, 0.717) is 31.5 Å². The van der Waals surface area contributed by atoms with Crippen LogP contribution in [0.15, 0.2) is 60.8 Å². The van der Waals surface area contributed by atoms with E-state index < -0.39 is 22.9 Å². The highest BCUT2D eigenvalue weighted by Gasteiger charge is 2.69. The van der Waals surface area contributed by atoms with Crippen LogP contribution in [0.3, 0.4) is 0 Å². The molecule has 2 amide bonds. The predicted octanol–water partition coefficient (Wildman–Crippen LogP) is 5.87. The average Bonchev–Trinajstić information content (AvgIpc) is 3.65. The zero-order valence-corrected chi connectivity index (χ0v) is 24.5. The second-order valence-electron chi connectivity index (χ2n) is 12.4. The standard InChI is InChI=1S/C33H32F3N5O3/c1-31(14-16-39(17-15-31)30(43)32(12-13-32)33(34,35)36)27-20-40(38-37-27)19-22-8-11-26-28-24(22)4-3-5-25(28)29(42)41(26)18-21-6-9-23(44-2)10-7-21/h3-11,20H,12-19H2,1-2H3. The van der Waals surface area contributed by atoms with Crippen molar-refractivity contribution < 1.29 is 27.5 Å². The number of methoxy groups -OCH3 is 1. The van der Waals surface area contributed by atoms with E-state index in [1.54, 1.807) is 16.7 Å². The zero-order chi connectivity index (χ0) is 30.9. The van der Waals surface area contributed by atoms with Crippen molar-refractivity contribution in [3.63, 3.8) is 0 Å². The van der Waals surface area contributed by atoms with Crippen molar-refractivity contribution in [1.82, 2.24) is 19.9 Å². The van der Waals surface area contributed by atoms with Gasteiger partial charge < -0.3 is 14.5 Å². The summed E-state index contributed by atoms with van der Waals surface area (Å²) in [6.45, 7) is 3.43. The summed E-state index contributed by atoms with van der Waals surface area (Å²) in [5.74, 6) is -0.0687. The molecule has 0 spiro atoms. The summed E-state index contributed by atoms with van der Waals surface area (Å²) in [5.41, 5.74) is 1.70. The van der Waals surface area contributed by atoms with Crippen LogP contribution in [0, 0.1) is 5.41 Å². The molecule has 0 N–H and O–H groups in total. The Balaban J connectivity index is 1.08. The smallest absolute Gasteiger partial charge is 0.403 e. The Morgan fingerprint density at radius 2 is 1.70 bits per heavy atom. The summed E-state index contributed by atoms with van der Waals surface area (Å²) in [4.78, 5) is 29.4. The molecule has 1 saturated carbocycles. The number of hydrogen-bond acceptors (Lipinski definition) is 5.